The minimum atomic E-state index is -0.474. The number of para-hydroxylation sites is 1. The maximum Gasteiger partial charge on any atom is 0.319 e. The summed E-state index contributed by atoms with van der Waals surface area (Å²) in [5.74, 6) is 1.52. The third kappa shape index (κ3) is 3.84. The number of ether oxygens (including phenoxy) is 3. The summed E-state index contributed by atoms with van der Waals surface area (Å²) in [5, 5.41) is 15.7. The molecule has 1 aliphatic heterocycles. The Morgan fingerprint density at radius 3 is 2.73 bits per heavy atom. The third-order valence-corrected chi connectivity index (χ3v) is 4.89. The van der Waals surface area contributed by atoms with Gasteiger partial charge in [-0.3, -0.25) is 10.1 Å². The van der Waals surface area contributed by atoms with Crippen molar-refractivity contribution in [2.24, 2.45) is 0 Å². The number of rotatable bonds is 7. The van der Waals surface area contributed by atoms with Gasteiger partial charge in [0.2, 0.25) is 6.79 Å². The molecule has 0 amide bonds. The van der Waals surface area contributed by atoms with Crippen molar-refractivity contribution in [1.82, 2.24) is 25.5 Å². The van der Waals surface area contributed by atoms with Gasteiger partial charge in [-0.05, 0) is 60.0 Å². The topological polar surface area (TPSA) is 100 Å². The largest absolute Gasteiger partial charge is 0.465 e. The molecule has 9 heteroatoms. The minimum Gasteiger partial charge on any atom is -0.465 e. The lowest BCUT2D eigenvalue weighted by atomic mass is 10.0. The highest BCUT2D eigenvalue weighted by Gasteiger charge is 2.26. The average molecular weight is 409 g/mol. The van der Waals surface area contributed by atoms with E-state index in [-0.39, 0.29) is 19.3 Å². The summed E-state index contributed by atoms with van der Waals surface area (Å²) in [4.78, 5) is 12.0. The molecule has 0 aliphatic carbocycles. The molecule has 1 atom stereocenters. The molecule has 0 fully saturated rings. The Morgan fingerprint density at radius 1 is 1.20 bits per heavy atom. The second-order valence-electron chi connectivity index (χ2n) is 6.92. The van der Waals surface area contributed by atoms with Crippen molar-refractivity contribution in [1.29, 1.82) is 0 Å². The molecule has 156 valence electrons. The number of nitrogens with zero attached hydrogens (tertiary/aromatic N) is 4. The smallest absolute Gasteiger partial charge is 0.319 e. The number of hydrogen-bond donors (Lipinski definition) is 1. The molecule has 0 radical (unpaired) electrons. The van der Waals surface area contributed by atoms with Crippen LogP contribution in [0.2, 0.25) is 0 Å². The van der Waals surface area contributed by atoms with Gasteiger partial charge in [-0.1, -0.05) is 24.3 Å². The first-order valence-electron chi connectivity index (χ1n) is 9.72. The van der Waals surface area contributed by atoms with Gasteiger partial charge in [0.25, 0.3) is 0 Å². The molecule has 4 rings (SSSR count). The Kier molecular flexibility index (Phi) is 5.62. The fraction of sp³-hybridized carbons (Fsp3) is 0.333. The van der Waals surface area contributed by atoms with E-state index < -0.39 is 6.04 Å². The van der Waals surface area contributed by atoms with Crippen molar-refractivity contribution < 1.29 is 19.0 Å². The van der Waals surface area contributed by atoms with E-state index in [4.69, 9.17) is 14.2 Å². The van der Waals surface area contributed by atoms with E-state index in [1.807, 2.05) is 50.2 Å². The molecule has 9 nitrogen and oxygen atoms in total. The van der Waals surface area contributed by atoms with E-state index in [1.54, 1.807) is 11.6 Å². The number of fused-ring (bicyclic) bond motifs is 1. The molecule has 2 heterocycles. The van der Waals surface area contributed by atoms with Crippen molar-refractivity contribution >= 4 is 5.97 Å². The molecule has 0 unspecified atom stereocenters. The van der Waals surface area contributed by atoms with Gasteiger partial charge in [0.05, 0.1) is 24.9 Å². The van der Waals surface area contributed by atoms with Crippen LogP contribution in [-0.4, -0.2) is 46.1 Å². The standard InChI is InChI=1S/C21H23N5O4/c1-4-28-18(27)11-22-19(15-8-9-16-17(10-15)30-12-29-16)21-23-24-25-26(21)20-13(2)6-5-7-14(20)3/h5-10,19,22H,4,11-12H2,1-3H3/t19-/m0/s1. The van der Waals surface area contributed by atoms with Gasteiger partial charge < -0.3 is 14.2 Å². The zero-order valence-electron chi connectivity index (χ0n) is 17.1. The first-order chi connectivity index (χ1) is 14.6. The Bertz CT molecular complexity index is 1050. The molecule has 3 aromatic rings. The van der Waals surface area contributed by atoms with Gasteiger partial charge in [-0.2, -0.15) is 4.68 Å². The summed E-state index contributed by atoms with van der Waals surface area (Å²) in [7, 11) is 0. The minimum absolute atomic E-state index is 0.00651. The Labute approximate surface area is 173 Å². The first kappa shape index (κ1) is 19.8. The molecule has 0 saturated heterocycles. The third-order valence-electron chi connectivity index (χ3n) is 4.89. The average Bonchev–Trinajstić information content (AvgIpc) is 3.38. The number of aryl methyl sites for hydroxylation is 2. The van der Waals surface area contributed by atoms with Gasteiger partial charge in [-0.25, -0.2) is 0 Å². The van der Waals surface area contributed by atoms with Crippen molar-refractivity contribution in [2.75, 3.05) is 19.9 Å². The second-order valence-corrected chi connectivity index (χ2v) is 6.92. The van der Waals surface area contributed by atoms with Gasteiger partial charge in [0.1, 0.15) is 0 Å². The summed E-state index contributed by atoms with van der Waals surface area (Å²) in [5.41, 5.74) is 3.82. The zero-order chi connectivity index (χ0) is 21.1. The van der Waals surface area contributed by atoms with Gasteiger partial charge in [0, 0.05) is 0 Å². The first-order valence-corrected chi connectivity index (χ1v) is 9.72. The number of tetrazole rings is 1. The lowest BCUT2D eigenvalue weighted by Crippen LogP contribution is -2.31. The highest BCUT2D eigenvalue weighted by atomic mass is 16.7. The van der Waals surface area contributed by atoms with E-state index in [9.17, 15) is 4.79 Å². The molecule has 0 bridgehead atoms. The number of hydrogen-bond acceptors (Lipinski definition) is 8. The number of benzene rings is 2. The molecule has 1 aromatic heterocycles. The van der Waals surface area contributed by atoms with E-state index in [0.717, 1.165) is 22.4 Å². The van der Waals surface area contributed by atoms with Crippen LogP contribution in [0.3, 0.4) is 0 Å². The van der Waals surface area contributed by atoms with E-state index in [0.29, 0.717) is 23.9 Å². The maximum absolute atomic E-state index is 12.0. The SMILES string of the molecule is CCOC(=O)CN[C@@H](c1ccc2c(c1)OCO2)c1nnnn1-c1c(C)cccc1C. The molecule has 0 spiro atoms. The summed E-state index contributed by atoms with van der Waals surface area (Å²) >= 11 is 0. The summed E-state index contributed by atoms with van der Waals surface area (Å²) in [6.45, 7) is 6.29. The summed E-state index contributed by atoms with van der Waals surface area (Å²) in [6.07, 6.45) is 0. The van der Waals surface area contributed by atoms with Gasteiger partial charge >= 0.3 is 5.97 Å². The van der Waals surface area contributed by atoms with Crippen LogP contribution in [0.1, 0.15) is 35.5 Å². The van der Waals surface area contributed by atoms with Crippen LogP contribution in [0.15, 0.2) is 36.4 Å². The number of esters is 1. The van der Waals surface area contributed by atoms with Crippen LogP contribution in [0, 0.1) is 13.8 Å². The van der Waals surface area contributed by atoms with Crippen molar-refractivity contribution in [3.05, 3.63) is 58.9 Å². The molecule has 1 N–H and O–H groups in total. The second kappa shape index (κ2) is 8.50. The normalized spacial score (nSPS) is 13.3. The van der Waals surface area contributed by atoms with Crippen LogP contribution in [0.4, 0.5) is 0 Å². The summed E-state index contributed by atoms with van der Waals surface area (Å²) in [6, 6.07) is 11.1. The molecule has 30 heavy (non-hydrogen) atoms. The molecular weight excluding hydrogens is 386 g/mol. The quantitative estimate of drug-likeness (QED) is 0.593. The highest BCUT2D eigenvalue weighted by molar-refractivity contribution is 5.71. The lowest BCUT2D eigenvalue weighted by Gasteiger charge is -2.20. The van der Waals surface area contributed by atoms with Gasteiger partial charge in [-0.15, -0.1) is 5.10 Å². The monoisotopic (exact) mass is 409 g/mol. The van der Waals surface area contributed by atoms with Crippen LogP contribution in [0.5, 0.6) is 11.5 Å². The number of carbonyl (C=O) groups excluding carboxylic acids is 1. The summed E-state index contributed by atoms with van der Waals surface area (Å²) < 4.78 is 17.7. The van der Waals surface area contributed by atoms with Crippen LogP contribution in [-0.2, 0) is 9.53 Å². The van der Waals surface area contributed by atoms with Crippen molar-refractivity contribution in [2.45, 2.75) is 26.8 Å². The van der Waals surface area contributed by atoms with E-state index >= 15 is 0 Å². The van der Waals surface area contributed by atoms with Gasteiger partial charge in [0.15, 0.2) is 17.3 Å². The Hall–Kier alpha value is -3.46. The molecule has 1 aliphatic rings. The number of nitrogens with one attached hydrogen (secondary N) is 1. The zero-order valence-corrected chi connectivity index (χ0v) is 17.1. The van der Waals surface area contributed by atoms with Crippen LogP contribution in [0.25, 0.3) is 5.69 Å². The van der Waals surface area contributed by atoms with E-state index in [2.05, 4.69) is 20.8 Å². The lowest BCUT2D eigenvalue weighted by molar-refractivity contribution is -0.142. The molecular formula is C21H23N5O4. The number of aromatic nitrogens is 4. The van der Waals surface area contributed by atoms with Crippen molar-refractivity contribution in [3.63, 3.8) is 0 Å². The fourth-order valence-electron chi connectivity index (χ4n) is 3.52. The Morgan fingerprint density at radius 2 is 1.97 bits per heavy atom. The molecule has 0 saturated carbocycles. The predicted octanol–water partition coefficient (Wildman–Crippen LogP) is 2.25. The highest BCUT2D eigenvalue weighted by Crippen LogP contribution is 2.35. The maximum atomic E-state index is 12.0. The van der Waals surface area contributed by atoms with Crippen molar-refractivity contribution in [3.8, 4) is 17.2 Å². The number of carbonyl (C=O) groups is 1. The fourth-order valence-corrected chi connectivity index (χ4v) is 3.52. The molecule has 2 aromatic carbocycles. The van der Waals surface area contributed by atoms with Crippen LogP contribution >= 0.6 is 0 Å². The van der Waals surface area contributed by atoms with E-state index in [1.165, 1.54) is 0 Å². The predicted molar refractivity (Wildman–Crippen MR) is 108 cm³/mol. The Balaban J connectivity index is 1.76. The van der Waals surface area contributed by atoms with Crippen LogP contribution < -0.4 is 14.8 Å².